The van der Waals surface area contributed by atoms with Crippen LogP contribution in [0.15, 0.2) is 42.5 Å². The van der Waals surface area contributed by atoms with Crippen LogP contribution in [0.2, 0.25) is 0 Å². The molecule has 1 aromatic heterocycles. The number of para-hydroxylation sites is 1. The minimum atomic E-state index is -4.37. The summed E-state index contributed by atoms with van der Waals surface area (Å²) in [5, 5.41) is 7.53. The first-order valence-electron chi connectivity index (χ1n) is 5.87. The lowest BCUT2D eigenvalue weighted by Gasteiger charge is -2.07. The van der Waals surface area contributed by atoms with Gasteiger partial charge in [-0.2, -0.15) is 18.3 Å². The number of fused-ring (bicyclic) bond motifs is 1. The molecule has 0 saturated heterocycles. The molecule has 0 spiro atoms. The summed E-state index contributed by atoms with van der Waals surface area (Å²) in [4.78, 5) is 0. The summed E-state index contributed by atoms with van der Waals surface area (Å²) in [6.07, 6.45) is -4.37. The Morgan fingerprint density at radius 2 is 1.80 bits per heavy atom. The molecule has 3 aromatic rings. The first-order valence-corrected chi connectivity index (χ1v) is 5.87. The van der Waals surface area contributed by atoms with E-state index in [-0.39, 0.29) is 0 Å². The summed E-state index contributed by atoms with van der Waals surface area (Å²) in [6.45, 7) is 0. The molecular formula is C14H10F3N3. The third-order valence-electron chi connectivity index (χ3n) is 3.09. The van der Waals surface area contributed by atoms with E-state index in [2.05, 4.69) is 10.2 Å². The van der Waals surface area contributed by atoms with Crippen molar-refractivity contribution in [2.45, 2.75) is 6.18 Å². The van der Waals surface area contributed by atoms with Gasteiger partial charge in [-0.05, 0) is 18.2 Å². The molecule has 102 valence electrons. The molecule has 1 heterocycles. The van der Waals surface area contributed by atoms with E-state index in [0.29, 0.717) is 27.8 Å². The van der Waals surface area contributed by atoms with Crippen molar-refractivity contribution in [1.29, 1.82) is 0 Å². The highest BCUT2D eigenvalue weighted by atomic mass is 19.4. The number of nitrogens with zero attached hydrogens (tertiary/aromatic N) is 1. The molecule has 3 N–H and O–H groups in total. The Morgan fingerprint density at radius 3 is 2.55 bits per heavy atom. The van der Waals surface area contributed by atoms with Gasteiger partial charge in [0, 0.05) is 10.9 Å². The summed E-state index contributed by atoms with van der Waals surface area (Å²) in [7, 11) is 0. The minimum Gasteiger partial charge on any atom is -0.397 e. The number of aromatic amines is 1. The summed E-state index contributed by atoms with van der Waals surface area (Å²) in [5.74, 6) is 0. The third-order valence-corrected chi connectivity index (χ3v) is 3.09. The normalized spacial score (nSPS) is 11.9. The van der Waals surface area contributed by atoms with Crippen LogP contribution in [0.3, 0.4) is 0 Å². The van der Waals surface area contributed by atoms with Gasteiger partial charge in [-0.25, -0.2) is 0 Å². The van der Waals surface area contributed by atoms with Crippen LogP contribution in [-0.2, 0) is 6.18 Å². The van der Waals surface area contributed by atoms with Crippen molar-refractivity contribution < 1.29 is 13.2 Å². The maximum atomic E-state index is 12.7. The maximum absolute atomic E-state index is 12.7. The van der Waals surface area contributed by atoms with Crippen molar-refractivity contribution in [3.8, 4) is 11.3 Å². The molecule has 6 heteroatoms. The van der Waals surface area contributed by atoms with Crippen molar-refractivity contribution in [3.63, 3.8) is 0 Å². The van der Waals surface area contributed by atoms with Crippen LogP contribution < -0.4 is 5.73 Å². The van der Waals surface area contributed by atoms with E-state index < -0.39 is 11.7 Å². The molecule has 20 heavy (non-hydrogen) atoms. The second-order valence-electron chi connectivity index (χ2n) is 4.42. The Kier molecular flexibility index (Phi) is 2.67. The maximum Gasteiger partial charge on any atom is 0.416 e. The Hall–Kier alpha value is -2.50. The van der Waals surface area contributed by atoms with Crippen LogP contribution in [0, 0.1) is 0 Å². The van der Waals surface area contributed by atoms with Gasteiger partial charge < -0.3 is 5.73 Å². The molecule has 0 aliphatic heterocycles. The molecular weight excluding hydrogens is 267 g/mol. The number of nitrogens with one attached hydrogen (secondary N) is 1. The largest absolute Gasteiger partial charge is 0.416 e. The van der Waals surface area contributed by atoms with Crippen LogP contribution in [0.4, 0.5) is 18.9 Å². The van der Waals surface area contributed by atoms with Crippen LogP contribution in [0.25, 0.3) is 22.2 Å². The van der Waals surface area contributed by atoms with Crippen molar-refractivity contribution in [2.24, 2.45) is 0 Å². The number of nitrogens with two attached hydrogens (primary N) is 1. The van der Waals surface area contributed by atoms with Gasteiger partial charge in [0.15, 0.2) is 0 Å². The summed E-state index contributed by atoms with van der Waals surface area (Å²) in [5.41, 5.74) is 7.09. The molecule has 3 nitrogen and oxygen atoms in total. The second kappa shape index (κ2) is 4.26. The van der Waals surface area contributed by atoms with E-state index in [9.17, 15) is 13.2 Å². The van der Waals surface area contributed by atoms with Crippen LogP contribution in [0.1, 0.15) is 5.56 Å². The number of hydrogen-bond donors (Lipinski definition) is 2. The van der Waals surface area contributed by atoms with Gasteiger partial charge in [0.1, 0.15) is 0 Å². The number of nitrogen functional groups attached to an aromatic ring is 1. The Morgan fingerprint density at radius 1 is 1.05 bits per heavy atom. The molecule has 0 aliphatic carbocycles. The second-order valence-corrected chi connectivity index (χ2v) is 4.42. The standard InChI is InChI=1S/C14H10F3N3/c15-14(16,17)9-4-1-3-8(7-9)12-10-5-2-6-11(18)13(10)20-19-12/h1-7H,18H2,(H,19,20). The minimum absolute atomic E-state index is 0.400. The van der Waals surface area contributed by atoms with Crippen LogP contribution in [0.5, 0.6) is 0 Å². The van der Waals surface area contributed by atoms with Crippen LogP contribution in [-0.4, -0.2) is 10.2 Å². The monoisotopic (exact) mass is 277 g/mol. The molecule has 0 amide bonds. The highest BCUT2D eigenvalue weighted by Crippen LogP contribution is 2.34. The fraction of sp³-hybridized carbons (Fsp3) is 0.0714. The molecule has 0 fully saturated rings. The average Bonchev–Trinajstić information content (AvgIpc) is 2.83. The van der Waals surface area contributed by atoms with E-state index in [1.165, 1.54) is 6.07 Å². The summed E-state index contributed by atoms with van der Waals surface area (Å²) < 4.78 is 38.2. The topological polar surface area (TPSA) is 54.7 Å². The van der Waals surface area contributed by atoms with Crippen LogP contribution >= 0.6 is 0 Å². The molecule has 0 saturated carbocycles. The van der Waals surface area contributed by atoms with E-state index in [4.69, 9.17) is 5.73 Å². The van der Waals surface area contributed by atoms with Crippen molar-refractivity contribution in [2.75, 3.05) is 5.73 Å². The fourth-order valence-corrected chi connectivity index (χ4v) is 2.13. The predicted molar refractivity (Wildman–Crippen MR) is 70.9 cm³/mol. The number of halogens is 3. The molecule has 0 atom stereocenters. The van der Waals surface area contributed by atoms with E-state index in [1.807, 2.05) is 0 Å². The van der Waals surface area contributed by atoms with Crippen molar-refractivity contribution in [1.82, 2.24) is 10.2 Å². The van der Waals surface area contributed by atoms with Gasteiger partial charge in [0.25, 0.3) is 0 Å². The van der Waals surface area contributed by atoms with Gasteiger partial charge in [-0.3, -0.25) is 5.10 Å². The zero-order valence-electron chi connectivity index (χ0n) is 10.2. The quantitative estimate of drug-likeness (QED) is 0.664. The predicted octanol–water partition coefficient (Wildman–Crippen LogP) is 3.83. The summed E-state index contributed by atoms with van der Waals surface area (Å²) in [6, 6.07) is 10.3. The lowest BCUT2D eigenvalue weighted by Crippen LogP contribution is -2.04. The molecule has 0 unspecified atom stereocenters. The highest BCUT2D eigenvalue weighted by Gasteiger charge is 2.30. The van der Waals surface area contributed by atoms with Crippen molar-refractivity contribution >= 4 is 16.6 Å². The van der Waals surface area contributed by atoms with E-state index in [0.717, 1.165) is 12.1 Å². The first kappa shape index (κ1) is 12.5. The Balaban J connectivity index is 2.19. The number of hydrogen-bond acceptors (Lipinski definition) is 2. The number of H-pyrrole nitrogens is 1. The van der Waals surface area contributed by atoms with Gasteiger partial charge in [-0.15, -0.1) is 0 Å². The molecule has 0 bridgehead atoms. The average molecular weight is 277 g/mol. The number of aromatic nitrogens is 2. The number of rotatable bonds is 1. The molecule has 2 aromatic carbocycles. The third kappa shape index (κ3) is 1.99. The Bertz CT molecular complexity index is 775. The fourth-order valence-electron chi connectivity index (χ4n) is 2.13. The van der Waals surface area contributed by atoms with Gasteiger partial charge in [-0.1, -0.05) is 24.3 Å². The smallest absolute Gasteiger partial charge is 0.397 e. The number of anilines is 1. The van der Waals surface area contributed by atoms with E-state index in [1.54, 1.807) is 24.3 Å². The Labute approximate surface area is 112 Å². The van der Waals surface area contributed by atoms with Gasteiger partial charge >= 0.3 is 6.18 Å². The highest BCUT2D eigenvalue weighted by molar-refractivity contribution is 5.98. The lowest BCUT2D eigenvalue weighted by atomic mass is 10.0. The first-order chi connectivity index (χ1) is 9.47. The number of alkyl halides is 3. The lowest BCUT2D eigenvalue weighted by molar-refractivity contribution is -0.137. The van der Waals surface area contributed by atoms with Gasteiger partial charge in [0.2, 0.25) is 0 Å². The van der Waals surface area contributed by atoms with Gasteiger partial charge in [0.05, 0.1) is 22.5 Å². The zero-order chi connectivity index (χ0) is 14.3. The summed E-state index contributed by atoms with van der Waals surface area (Å²) >= 11 is 0. The molecule has 0 aliphatic rings. The van der Waals surface area contributed by atoms with E-state index >= 15 is 0 Å². The molecule has 3 rings (SSSR count). The SMILES string of the molecule is Nc1cccc2c(-c3cccc(C(F)(F)F)c3)n[nH]c12. The molecule has 0 radical (unpaired) electrons. The zero-order valence-corrected chi connectivity index (χ0v) is 10.2. The van der Waals surface area contributed by atoms with Crippen molar-refractivity contribution in [3.05, 3.63) is 48.0 Å². The number of benzene rings is 2.